The van der Waals surface area contributed by atoms with Crippen molar-refractivity contribution in [2.45, 2.75) is 25.4 Å². The second-order valence-corrected chi connectivity index (χ2v) is 3.21. The van der Waals surface area contributed by atoms with Gasteiger partial charge in [-0.2, -0.15) is 0 Å². The molecule has 0 unspecified atom stereocenters. The zero-order chi connectivity index (χ0) is 7.84. The Morgan fingerprint density at radius 1 is 1.36 bits per heavy atom. The minimum atomic E-state index is -0.660. The Morgan fingerprint density at radius 2 is 2.09 bits per heavy atom. The summed E-state index contributed by atoms with van der Waals surface area (Å²) in [6, 6.07) is 8.00. The van der Waals surface area contributed by atoms with Crippen LogP contribution in [0.5, 0.6) is 0 Å². The third-order valence-corrected chi connectivity index (χ3v) is 2.50. The predicted octanol–water partition coefficient (Wildman–Crippen LogP) is 2.68. The summed E-state index contributed by atoms with van der Waals surface area (Å²) < 4.78 is 13.1. The van der Waals surface area contributed by atoms with Crippen molar-refractivity contribution in [1.82, 2.24) is 0 Å². The number of hydrogen-bond acceptors (Lipinski definition) is 0. The monoisotopic (exact) mass is 150 g/mol. The first kappa shape index (κ1) is 6.84. The highest BCUT2D eigenvalue weighted by molar-refractivity contribution is 5.36. The summed E-state index contributed by atoms with van der Waals surface area (Å²) in [6.07, 6.45) is -0.0513. The Morgan fingerprint density at radius 3 is 2.82 bits per heavy atom. The highest BCUT2D eigenvalue weighted by Crippen LogP contribution is 2.34. The summed E-state index contributed by atoms with van der Waals surface area (Å²) in [7, 11) is 0. The summed E-state index contributed by atoms with van der Waals surface area (Å²) in [5, 5.41) is 0. The topological polar surface area (TPSA) is 0 Å². The summed E-state index contributed by atoms with van der Waals surface area (Å²) in [5.41, 5.74) is 2.38. The lowest BCUT2D eigenvalue weighted by atomic mass is 10.0. The number of alkyl halides is 1. The molecule has 1 aromatic carbocycles. The Bertz CT molecular complexity index is 267. The van der Waals surface area contributed by atoms with Crippen LogP contribution in [0.4, 0.5) is 4.39 Å². The summed E-state index contributed by atoms with van der Waals surface area (Å²) in [6.45, 7) is 1.95. The van der Waals surface area contributed by atoms with Crippen LogP contribution in [-0.4, -0.2) is 6.17 Å². The lowest BCUT2D eigenvalue weighted by molar-refractivity contribution is 0.311. The van der Waals surface area contributed by atoms with Gasteiger partial charge in [0.25, 0.3) is 0 Å². The van der Waals surface area contributed by atoms with Gasteiger partial charge in [0.05, 0.1) is 0 Å². The van der Waals surface area contributed by atoms with E-state index >= 15 is 0 Å². The number of rotatable bonds is 0. The molecular weight excluding hydrogens is 139 g/mol. The smallest absolute Gasteiger partial charge is 0.111 e. The highest BCUT2D eigenvalue weighted by atomic mass is 19.1. The van der Waals surface area contributed by atoms with E-state index in [4.69, 9.17) is 0 Å². The predicted molar refractivity (Wildman–Crippen MR) is 43.5 cm³/mol. The van der Waals surface area contributed by atoms with Crippen molar-refractivity contribution in [2.75, 3.05) is 0 Å². The number of halogens is 1. The maximum Gasteiger partial charge on any atom is 0.111 e. The second-order valence-electron chi connectivity index (χ2n) is 3.21. The fourth-order valence-corrected chi connectivity index (χ4v) is 1.75. The lowest BCUT2D eigenvalue weighted by Crippen LogP contribution is -2.02. The van der Waals surface area contributed by atoms with Crippen molar-refractivity contribution in [3.63, 3.8) is 0 Å². The molecule has 0 saturated heterocycles. The molecular formula is C10H11F. The SMILES string of the molecule is C[C@@H]1c2ccccc2C[C@@H]1F. The van der Waals surface area contributed by atoms with E-state index < -0.39 is 6.17 Å². The van der Waals surface area contributed by atoms with E-state index in [1.807, 2.05) is 31.2 Å². The lowest BCUT2D eigenvalue weighted by Gasteiger charge is -2.05. The minimum Gasteiger partial charge on any atom is -0.246 e. The first-order valence-corrected chi connectivity index (χ1v) is 4.01. The van der Waals surface area contributed by atoms with Crippen LogP contribution in [0.1, 0.15) is 24.0 Å². The second kappa shape index (κ2) is 2.33. The Balaban J connectivity index is 2.47. The zero-order valence-electron chi connectivity index (χ0n) is 6.55. The van der Waals surface area contributed by atoms with E-state index in [1.165, 1.54) is 11.1 Å². The molecule has 1 aliphatic rings. The van der Waals surface area contributed by atoms with Gasteiger partial charge in [-0.15, -0.1) is 0 Å². The normalized spacial score (nSPS) is 28.5. The fraction of sp³-hybridized carbons (Fsp3) is 0.400. The molecule has 0 fully saturated rings. The molecule has 0 bridgehead atoms. The van der Waals surface area contributed by atoms with E-state index in [9.17, 15) is 4.39 Å². The van der Waals surface area contributed by atoms with Crippen molar-refractivity contribution in [3.8, 4) is 0 Å². The van der Waals surface area contributed by atoms with Gasteiger partial charge in [0.15, 0.2) is 0 Å². The van der Waals surface area contributed by atoms with Gasteiger partial charge in [-0.1, -0.05) is 31.2 Å². The van der Waals surface area contributed by atoms with E-state index in [0.717, 1.165) is 0 Å². The van der Waals surface area contributed by atoms with Crippen LogP contribution < -0.4 is 0 Å². The summed E-state index contributed by atoms with van der Waals surface area (Å²) >= 11 is 0. The van der Waals surface area contributed by atoms with Gasteiger partial charge in [0, 0.05) is 12.3 Å². The number of fused-ring (bicyclic) bond motifs is 1. The van der Waals surface area contributed by atoms with Crippen LogP contribution in [0.15, 0.2) is 24.3 Å². The van der Waals surface area contributed by atoms with Crippen LogP contribution >= 0.6 is 0 Å². The molecule has 1 aliphatic carbocycles. The number of benzene rings is 1. The Kier molecular flexibility index (Phi) is 1.45. The van der Waals surface area contributed by atoms with E-state index in [1.54, 1.807) is 0 Å². The molecule has 0 heterocycles. The van der Waals surface area contributed by atoms with Crippen molar-refractivity contribution in [3.05, 3.63) is 35.4 Å². The molecule has 0 nitrogen and oxygen atoms in total. The molecule has 2 atom stereocenters. The maximum absolute atomic E-state index is 13.1. The molecule has 2 rings (SSSR count). The number of hydrogen-bond donors (Lipinski definition) is 0. The van der Waals surface area contributed by atoms with Crippen LogP contribution in [-0.2, 0) is 6.42 Å². The molecule has 0 aliphatic heterocycles. The molecule has 11 heavy (non-hydrogen) atoms. The molecule has 58 valence electrons. The highest BCUT2D eigenvalue weighted by Gasteiger charge is 2.27. The molecule has 0 spiro atoms. The quantitative estimate of drug-likeness (QED) is 0.533. The zero-order valence-corrected chi connectivity index (χ0v) is 6.55. The Hall–Kier alpha value is -0.850. The molecule has 0 saturated carbocycles. The van der Waals surface area contributed by atoms with Gasteiger partial charge in [-0.3, -0.25) is 0 Å². The van der Waals surface area contributed by atoms with E-state index in [0.29, 0.717) is 6.42 Å². The van der Waals surface area contributed by atoms with Crippen molar-refractivity contribution < 1.29 is 4.39 Å². The fourth-order valence-electron chi connectivity index (χ4n) is 1.75. The third kappa shape index (κ3) is 0.953. The Labute approximate surface area is 66.1 Å². The first-order valence-electron chi connectivity index (χ1n) is 4.01. The average Bonchev–Trinajstić information content (AvgIpc) is 2.30. The molecule has 0 aromatic heterocycles. The van der Waals surface area contributed by atoms with Crippen molar-refractivity contribution in [1.29, 1.82) is 0 Å². The first-order chi connectivity index (χ1) is 5.29. The van der Waals surface area contributed by atoms with Crippen LogP contribution in [0.2, 0.25) is 0 Å². The van der Waals surface area contributed by atoms with Crippen LogP contribution in [0.25, 0.3) is 0 Å². The van der Waals surface area contributed by atoms with E-state index in [-0.39, 0.29) is 5.92 Å². The molecule has 0 radical (unpaired) electrons. The molecule has 0 amide bonds. The largest absolute Gasteiger partial charge is 0.246 e. The van der Waals surface area contributed by atoms with Gasteiger partial charge in [-0.05, 0) is 11.1 Å². The van der Waals surface area contributed by atoms with Gasteiger partial charge < -0.3 is 0 Å². The van der Waals surface area contributed by atoms with Gasteiger partial charge in [0.2, 0.25) is 0 Å². The molecule has 0 N–H and O–H groups in total. The minimum absolute atomic E-state index is 0.103. The van der Waals surface area contributed by atoms with Gasteiger partial charge in [0.1, 0.15) is 6.17 Å². The molecule has 1 aromatic rings. The summed E-state index contributed by atoms with van der Waals surface area (Å²) in [4.78, 5) is 0. The summed E-state index contributed by atoms with van der Waals surface area (Å²) in [5.74, 6) is 0.103. The van der Waals surface area contributed by atoms with Crippen LogP contribution in [0, 0.1) is 0 Å². The van der Waals surface area contributed by atoms with E-state index in [2.05, 4.69) is 0 Å². The van der Waals surface area contributed by atoms with Crippen molar-refractivity contribution in [2.24, 2.45) is 0 Å². The third-order valence-electron chi connectivity index (χ3n) is 2.50. The molecule has 1 heteroatoms. The van der Waals surface area contributed by atoms with Gasteiger partial charge in [-0.25, -0.2) is 4.39 Å². The van der Waals surface area contributed by atoms with Crippen molar-refractivity contribution >= 4 is 0 Å². The standard InChI is InChI=1S/C10H11F/c1-7-9-5-3-2-4-8(9)6-10(7)11/h2-5,7,10H,6H2,1H3/t7-,10+/m1/s1. The average molecular weight is 150 g/mol. The maximum atomic E-state index is 13.1. The van der Waals surface area contributed by atoms with Crippen LogP contribution in [0.3, 0.4) is 0 Å². The van der Waals surface area contributed by atoms with Gasteiger partial charge >= 0.3 is 0 Å².